The highest BCUT2D eigenvalue weighted by Gasteiger charge is 2.28. The molecule has 8 heteroatoms. The number of hydrogen-bond donors (Lipinski definition) is 1. The van der Waals surface area contributed by atoms with Crippen LogP contribution in [0.3, 0.4) is 0 Å². The molecule has 37 heavy (non-hydrogen) atoms. The number of sulfonamides is 1. The molecule has 0 saturated carbocycles. The molecule has 1 atom stereocenters. The van der Waals surface area contributed by atoms with Crippen molar-refractivity contribution in [3.8, 4) is 5.75 Å². The lowest BCUT2D eigenvalue weighted by Crippen LogP contribution is -2.30. The summed E-state index contributed by atoms with van der Waals surface area (Å²) in [6.07, 6.45) is 6.38. The number of fused-ring (bicyclic) bond motifs is 1. The van der Waals surface area contributed by atoms with Gasteiger partial charge in [-0.1, -0.05) is 39.0 Å². The fraction of sp³-hybridized carbons (Fsp3) is 0.483. The zero-order chi connectivity index (χ0) is 27.0. The SMILES string of the molecule is COCC1=CC=C(c2cc(C(C)(C)C)c(OC)c3cc(N4CC[C@H](CNS(C)(=O)=O)C4)ccc23)C(=O)C1. The first-order chi connectivity index (χ1) is 17.4. The predicted molar refractivity (Wildman–Crippen MR) is 150 cm³/mol. The van der Waals surface area contributed by atoms with Gasteiger partial charge in [0.15, 0.2) is 5.78 Å². The Morgan fingerprint density at radius 2 is 1.86 bits per heavy atom. The average molecular weight is 527 g/mol. The van der Waals surface area contributed by atoms with Crippen molar-refractivity contribution < 1.29 is 22.7 Å². The standard InChI is InChI=1S/C29H38N2O5S/c1-29(2,3)26-15-24(23-9-7-19(18-35-4)13-27(23)32)22-10-8-21(14-25(22)28(26)36-5)31-12-11-20(17-31)16-30-37(6,33)34/h7-10,14-15,20,30H,11-13,16-18H2,1-6H3/t20-/m1/s1. The second-order valence-corrected chi connectivity index (χ2v) is 13.0. The average Bonchev–Trinajstić information content (AvgIpc) is 3.30. The quantitative estimate of drug-likeness (QED) is 0.547. The second-order valence-electron chi connectivity index (χ2n) is 11.1. The van der Waals surface area contributed by atoms with E-state index >= 15 is 0 Å². The number of benzene rings is 2. The highest BCUT2D eigenvalue weighted by atomic mass is 32.2. The third-order valence-corrected chi connectivity index (χ3v) is 7.85. The van der Waals surface area contributed by atoms with Crippen LogP contribution in [0.2, 0.25) is 0 Å². The Labute approximate surface area is 220 Å². The van der Waals surface area contributed by atoms with E-state index in [4.69, 9.17) is 9.47 Å². The van der Waals surface area contributed by atoms with E-state index in [1.807, 2.05) is 12.2 Å². The van der Waals surface area contributed by atoms with Gasteiger partial charge in [-0.15, -0.1) is 0 Å². The van der Waals surface area contributed by atoms with Crippen molar-refractivity contribution in [3.63, 3.8) is 0 Å². The minimum atomic E-state index is -3.21. The molecule has 0 unspecified atom stereocenters. The summed E-state index contributed by atoms with van der Waals surface area (Å²) in [4.78, 5) is 15.5. The smallest absolute Gasteiger partial charge is 0.208 e. The first kappa shape index (κ1) is 27.4. The Morgan fingerprint density at radius 3 is 2.49 bits per heavy atom. The van der Waals surface area contributed by atoms with E-state index in [0.717, 1.165) is 58.4 Å². The molecular weight excluding hydrogens is 488 g/mol. The van der Waals surface area contributed by atoms with Crippen LogP contribution in [0.5, 0.6) is 5.75 Å². The zero-order valence-corrected chi connectivity index (χ0v) is 23.5. The maximum absolute atomic E-state index is 13.2. The Balaban J connectivity index is 1.79. The molecule has 4 rings (SSSR count). The van der Waals surface area contributed by atoms with Crippen LogP contribution in [0.25, 0.3) is 16.3 Å². The van der Waals surface area contributed by atoms with Crippen LogP contribution >= 0.6 is 0 Å². The van der Waals surface area contributed by atoms with Crippen LogP contribution in [0, 0.1) is 5.92 Å². The molecule has 200 valence electrons. The van der Waals surface area contributed by atoms with Crippen molar-refractivity contribution in [2.45, 2.75) is 39.0 Å². The van der Waals surface area contributed by atoms with Gasteiger partial charge < -0.3 is 14.4 Å². The lowest BCUT2D eigenvalue weighted by Gasteiger charge is -2.27. The molecule has 0 amide bonds. The number of ether oxygens (including phenoxy) is 2. The lowest BCUT2D eigenvalue weighted by molar-refractivity contribution is -0.113. The molecule has 1 N–H and O–H groups in total. The molecular formula is C29H38N2O5S. The first-order valence-electron chi connectivity index (χ1n) is 12.7. The Kier molecular flexibility index (Phi) is 7.83. The van der Waals surface area contributed by atoms with Crippen LogP contribution in [0.1, 0.15) is 44.7 Å². The largest absolute Gasteiger partial charge is 0.496 e. The van der Waals surface area contributed by atoms with Crippen LogP contribution in [-0.2, 0) is 25.0 Å². The van der Waals surface area contributed by atoms with Crippen LogP contribution in [0.15, 0.2) is 42.0 Å². The number of hydrogen-bond acceptors (Lipinski definition) is 6. The van der Waals surface area contributed by atoms with Crippen molar-refractivity contribution in [2.75, 3.05) is 51.6 Å². The van der Waals surface area contributed by atoms with E-state index in [1.165, 1.54) is 6.26 Å². The Bertz CT molecular complexity index is 1370. The lowest BCUT2D eigenvalue weighted by atomic mass is 9.80. The van der Waals surface area contributed by atoms with Gasteiger partial charge in [0.2, 0.25) is 10.0 Å². The van der Waals surface area contributed by atoms with Crippen molar-refractivity contribution in [1.29, 1.82) is 0 Å². The fourth-order valence-electron chi connectivity index (χ4n) is 5.27. The summed E-state index contributed by atoms with van der Waals surface area (Å²) in [7, 11) is 0.131. The number of rotatable bonds is 8. The van der Waals surface area contributed by atoms with E-state index < -0.39 is 10.0 Å². The molecule has 1 heterocycles. The molecule has 2 aliphatic rings. The van der Waals surface area contributed by atoms with Gasteiger partial charge >= 0.3 is 0 Å². The maximum atomic E-state index is 13.2. The summed E-state index contributed by atoms with van der Waals surface area (Å²) in [6, 6.07) is 8.44. The molecule has 1 fully saturated rings. The number of carbonyl (C=O) groups is 1. The number of ketones is 1. The third-order valence-electron chi connectivity index (χ3n) is 7.16. The molecule has 2 aromatic rings. The minimum absolute atomic E-state index is 0.0886. The van der Waals surface area contributed by atoms with Gasteiger partial charge in [0.1, 0.15) is 5.75 Å². The highest BCUT2D eigenvalue weighted by Crippen LogP contribution is 2.43. The summed E-state index contributed by atoms with van der Waals surface area (Å²) in [5.41, 5.74) is 4.51. The fourth-order valence-corrected chi connectivity index (χ4v) is 5.80. The van der Waals surface area contributed by atoms with E-state index in [9.17, 15) is 13.2 Å². The third kappa shape index (κ3) is 6.08. The van der Waals surface area contributed by atoms with Crippen molar-refractivity contribution >= 4 is 37.8 Å². The first-order valence-corrected chi connectivity index (χ1v) is 14.6. The summed E-state index contributed by atoms with van der Waals surface area (Å²) in [5, 5.41) is 1.95. The van der Waals surface area contributed by atoms with Gasteiger partial charge in [0, 0.05) is 55.4 Å². The molecule has 2 aromatic carbocycles. The molecule has 0 bridgehead atoms. The zero-order valence-electron chi connectivity index (χ0n) is 22.7. The van der Waals surface area contributed by atoms with Gasteiger partial charge in [0.25, 0.3) is 0 Å². The number of nitrogens with one attached hydrogen (secondary N) is 1. The van der Waals surface area contributed by atoms with Gasteiger partial charge in [-0.2, -0.15) is 0 Å². The van der Waals surface area contributed by atoms with Gasteiger partial charge in [-0.25, -0.2) is 13.1 Å². The summed E-state index contributed by atoms with van der Waals surface area (Å²) >= 11 is 0. The van der Waals surface area contributed by atoms with E-state index in [-0.39, 0.29) is 17.1 Å². The van der Waals surface area contributed by atoms with Gasteiger partial charge in [-0.05, 0) is 52.5 Å². The number of carbonyl (C=O) groups excluding carboxylic acids is 1. The normalized spacial score (nSPS) is 18.8. The Morgan fingerprint density at radius 1 is 1.11 bits per heavy atom. The van der Waals surface area contributed by atoms with E-state index in [1.54, 1.807) is 14.2 Å². The Hall–Kier alpha value is -2.68. The highest BCUT2D eigenvalue weighted by molar-refractivity contribution is 7.88. The monoisotopic (exact) mass is 526 g/mol. The number of anilines is 1. The molecule has 7 nitrogen and oxygen atoms in total. The van der Waals surface area contributed by atoms with Gasteiger partial charge in [-0.3, -0.25) is 4.79 Å². The topological polar surface area (TPSA) is 84.9 Å². The number of allylic oxidation sites excluding steroid dienone is 3. The number of Topliss-reactive ketones (excluding diaryl/α,β-unsaturated/α-hetero) is 1. The summed E-state index contributed by atoms with van der Waals surface area (Å²) < 4.78 is 36.9. The van der Waals surface area contributed by atoms with Crippen LogP contribution in [0.4, 0.5) is 5.69 Å². The van der Waals surface area contributed by atoms with Gasteiger partial charge in [0.05, 0.1) is 20.0 Å². The number of methoxy groups -OCH3 is 2. The predicted octanol–water partition coefficient (Wildman–Crippen LogP) is 4.45. The summed E-state index contributed by atoms with van der Waals surface area (Å²) in [5.74, 6) is 1.16. The van der Waals surface area contributed by atoms with Crippen LogP contribution < -0.4 is 14.4 Å². The minimum Gasteiger partial charge on any atom is -0.496 e. The molecule has 1 aliphatic carbocycles. The molecule has 0 aromatic heterocycles. The maximum Gasteiger partial charge on any atom is 0.208 e. The van der Waals surface area contributed by atoms with E-state index in [0.29, 0.717) is 25.1 Å². The second kappa shape index (κ2) is 10.6. The van der Waals surface area contributed by atoms with E-state index in [2.05, 4.69) is 54.7 Å². The van der Waals surface area contributed by atoms with Crippen LogP contribution in [-0.4, -0.2) is 60.9 Å². The molecule has 1 saturated heterocycles. The molecule has 1 aliphatic heterocycles. The molecule has 0 radical (unpaired) electrons. The van der Waals surface area contributed by atoms with Crippen molar-refractivity contribution in [3.05, 3.63) is 53.1 Å². The number of nitrogens with zero attached hydrogens (tertiary/aromatic N) is 1. The van der Waals surface area contributed by atoms with Crippen molar-refractivity contribution in [1.82, 2.24) is 4.72 Å². The molecule has 0 spiro atoms. The summed E-state index contributed by atoms with van der Waals surface area (Å²) in [6.45, 7) is 8.98. The van der Waals surface area contributed by atoms with Crippen molar-refractivity contribution in [2.24, 2.45) is 5.92 Å².